The Labute approximate surface area is 162 Å². The van der Waals surface area contributed by atoms with Crippen LogP contribution in [0.1, 0.15) is 12.8 Å². The van der Waals surface area contributed by atoms with E-state index in [9.17, 15) is 9.59 Å². The first-order valence-electron chi connectivity index (χ1n) is 8.40. The van der Waals surface area contributed by atoms with Gasteiger partial charge in [-0.2, -0.15) is 0 Å². The summed E-state index contributed by atoms with van der Waals surface area (Å²) in [4.78, 5) is 26.6. The number of urea groups is 1. The van der Waals surface area contributed by atoms with Crippen molar-refractivity contribution in [3.63, 3.8) is 0 Å². The molecule has 1 atom stereocenters. The summed E-state index contributed by atoms with van der Waals surface area (Å²) in [5, 5.41) is 6.53. The van der Waals surface area contributed by atoms with Gasteiger partial charge in [0.1, 0.15) is 0 Å². The van der Waals surface area contributed by atoms with E-state index in [4.69, 9.17) is 23.2 Å². The molecule has 26 heavy (non-hydrogen) atoms. The number of rotatable bonds is 3. The Kier molecular flexibility index (Phi) is 6.01. The molecule has 1 saturated heterocycles. The van der Waals surface area contributed by atoms with Crippen molar-refractivity contribution in [2.24, 2.45) is 5.92 Å². The van der Waals surface area contributed by atoms with Gasteiger partial charge in [0, 0.05) is 24.5 Å². The van der Waals surface area contributed by atoms with Gasteiger partial charge in [-0.15, -0.1) is 0 Å². The van der Waals surface area contributed by atoms with E-state index in [0.29, 0.717) is 28.8 Å². The van der Waals surface area contributed by atoms with Crippen molar-refractivity contribution in [1.82, 2.24) is 4.90 Å². The second-order valence-electron chi connectivity index (χ2n) is 6.20. The summed E-state index contributed by atoms with van der Waals surface area (Å²) in [6, 6.07) is 14.0. The van der Waals surface area contributed by atoms with Crippen LogP contribution in [0.2, 0.25) is 10.0 Å². The number of amides is 3. The topological polar surface area (TPSA) is 61.4 Å². The smallest absolute Gasteiger partial charge is 0.321 e. The van der Waals surface area contributed by atoms with Gasteiger partial charge in [-0.3, -0.25) is 4.79 Å². The molecule has 0 aliphatic carbocycles. The molecule has 3 amide bonds. The van der Waals surface area contributed by atoms with Crippen molar-refractivity contribution in [2.45, 2.75) is 12.8 Å². The zero-order valence-electron chi connectivity index (χ0n) is 14.0. The minimum Gasteiger partial charge on any atom is -0.326 e. The molecule has 0 bridgehead atoms. The van der Waals surface area contributed by atoms with Crippen LogP contribution in [0.3, 0.4) is 0 Å². The third-order valence-electron chi connectivity index (χ3n) is 4.29. The first kappa shape index (κ1) is 18.5. The summed E-state index contributed by atoms with van der Waals surface area (Å²) < 4.78 is 0. The number of halogens is 2. The van der Waals surface area contributed by atoms with Gasteiger partial charge in [0.15, 0.2) is 0 Å². The molecular weight excluding hydrogens is 373 g/mol. The summed E-state index contributed by atoms with van der Waals surface area (Å²) >= 11 is 11.9. The van der Waals surface area contributed by atoms with Gasteiger partial charge in [-0.1, -0.05) is 41.4 Å². The third kappa shape index (κ3) is 4.68. The number of carbonyl (C=O) groups is 2. The average molecular weight is 392 g/mol. The Morgan fingerprint density at radius 2 is 1.73 bits per heavy atom. The monoisotopic (exact) mass is 391 g/mol. The van der Waals surface area contributed by atoms with Crippen LogP contribution in [0.25, 0.3) is 0 Å². The van der Waals surface area contributed by atoms with E-state index in [1.807, 2.05) is 30.3 Å². The summed E-state index contributed by atoms with van der Waals surface area (Å²) in [5.74, 6) is -0.389. The van der Waals surface area contributed by atoms with E-state index in [2.05, 4.69) is 10.6 Å². The minimum atomic E-state index is -0.264. The summed E-state index contributed by atoms with van der Waals surface area (Å²) in [6.45, 7) is 1.01. The molecular formula is C19H19Cl2N3O2. The number of hydrogen-bond acceptors (Lipinski definition) is 2. The quantitative estimate of drug-likeness (QED) is 0.783. The Hall–Kier alpha value is -2.24. The molecule has 5 nitrogen and oxygen atoms in total. The normalized spacial score (nSPS) is 16.8. The molecule has 2 N–H and O–H groups in total. The van der Waals surface area contributed by atoms with Crippen molar-refractivity contribution in [3.05, 3.63) is 58.6 Å². The first-order valence-corrected chi connectivity index (χ1v) is 9.15. The first-order chi connectivity index (χ1) is 12.5. The fourth-order valence-corrected chi connectivity index (χ4v) is 3.22. The van der Waals surface area contributed by atoms with E-state index >= 15 is 0 Å². The van der Waals surface area contributed by atoms with Gasteiger partial charge >= 0.3 is 6.03 Å². The van der Waals surface area contributed by atoms with E-state index < -0.39 is 0 Å². The van der Waals surface area contributed by atoms with Crippen LogP contribution >= 0.6 is 23.2 Å². The molecule has 0 radical (unpaired) electrons. The average Bonchev–Trinajstić information content (AvgIpc) is 2.65. The number of nitrogens with one attached hydrogen (secondary N) is 2. The van der Waals surface area contributed by atoms with Gasteiger partial charge in [0.05, 0.1) is 16.0 Å². The number of anilines is 2. The van der Waals surface area contributed by atoms with Gasteiger partial charge in [-0.25, -0.2) is 4.79 Å². The maximum absolute atomic E-state index is 12.5. The van der Waals surface area contributed by atoms with E-state index in [-0.39, 0.29) is 17.9 Å². The van der Waals surface area contributed by atoms with Crippen molar-refractivity contribution in [1.29, 1.82) is 0 Å². The number of nitrogens with zero attached hydrogens (tertiary/aromatic N) is 1. The van der Waals surface area contributed by atoms with E-state index in [1.165, 1.54) is 0 Å². The lowest BCUT2D eigenvalue weighted by molar-refractivity contribution is -0.121. The van der Waals surface area contributed by atoms with Crippen LogP contribution in [-0.4, -0.2) is 29.9 Å². The fourth-order valence-electron chi connectivity index (χ4n) is 2.92. The van der Waals surface area contributed by atoms with Crippen molar-refractivity contribution in [2.75, 3.05) is 23.7 Å². The molecule has 0 saturated carbocycles. The predicted molar refractivity (Wildman–Crippen MR) is 105 cm³/mol. The molecule has 1 aliphatic rings. The van der Waals surface area contributed by atoms with E-state index in [0.717, 1.165) is 18.5 Å². The standard InChI is InChI=1S/C19H19Cl2N3O2/c20-16-9-8-15(11-17(16)21)22-18(25)13-5-4-10-24(12-13)19(26)23-14-6-2-1-3-7-14/h1-3,6-9,11,13H,4-5,10,12H2,(H,22,25)(H,23,26). The molecule has 0 spiro atoms. The van der Waals surface area contributed by atoms with Crippen LogP contribution in [0.5, 0.6) is 0 Å². The third-order valence-corrected chi connectivity index (χ3v) is 5.03. The molecule has 2 aromatic carbocycles. The number of hydrogen-bond donors (Lipinski definition) is 2. The second kappa shape index (κ2) is 8.43. The number of para-hydroxylation sites is 1. The summed E-state index contributed by atoms with van der Waals surface area (Å²) in [7, 11) is 0. The Bertz CT molecular complexity index is 799. The van der Waals surface area contributed by atoms with Crippen LogP contribution in [0.15, 0.2) is 48.5 Å². The van der Waals surface area contributed by atoms with Gasteiger partial charge < -0.3 is 15.5 Å². The van der Waals surface area contributed by atoms with E-state index in [1.54, 1.807) is 23.1 Å². The lowest BCUT2D eigenvalue weighted by Crippen LogP contribution is -2.45. The van der Waals surface area contributed by atoms with Crippen molar-refractivity contribution in [3.8, 4) is 0 Å². The summed E-state index contributed by atoms with van der Waals surface area (Å²) in [6.07, 6.45) is 1.52. The van der Waals surface area contributed by atoms with Crippen LogP contribution in [-0.2, 0) is 4.79 Å². The highest BCUT2D eigenvalue weighted by Crippen LogP contribution is 2.26. The second-order valence-corrected chi connectivity index (χ2v) is 7.01. The Balaban J connectivity index is 1.59. The van der Waals surface area contributed by atoms with Gasteiger partial charge in [-0.05, 0) is 43.2 Å². The van der Waals surface area contributed by atoms with Crippen LogP contribution in [0.4, 0.5) is 16.2 Å². The zero-order valence-corrected chi connectivity index (χ0v) is 15.6. The number of piperidine rings is 1. The predicted octanol–water partition coefficient (Wildman–Crippen LogP) is 4.88. The molecule has 3 rings (SSSR count). The number of likely N-dealkylation sites (tertiary alicyclic amines) is 1. The van der Waals surface area contributed by atoms with Crippen molar-refractivity contribution < 1.29 is 9.59 Å². The van der Waals surface area contributed by atoms with Crippen LogP contribution < -0.4 is 10.6 Å². The van der Waals surface area contributed by atoms with Gasteiger partial charge in [0.2, 0.25) is 5.91 Å². The molecule has 1 unspecified atom stereocenters. The lowest BCUT2D eigenvalue weighted by Gasteiger charge is -2.32. The molecule has 0 aromatic heterocycles. The molecule has 136 valence electrons. The maximum atomic E-state index is 12.5. The van der Waals surface area contributed by atoms with Crippen LogP contribution in [0, 0.1) is 5.92 Å². The number of benzene rings is 2. The zero-order chi connectivity index (χ0) is 18.5. The highest BCUT2D eigenvalue weighted by atomic mass is 35.5. The molecule has 1 fully saturated rings. The number of carbonyl (C=O) groups excluding carboxylic acids is 2. The molecule has 2 aromatic rings. The summed E-state index contributed by atoms with van der Waals surface area (Å²) in [5.41, 5.74) is 1.33. The highest BCUT2D eigenvalue weighted by molar-refractivity contribution is 6.42. The lowest BCUT2D eigenvalue weighted by atomic mass is 9.97. The fraction of sp³-hybridized carbons (Fsp3) is 0.263. The Morgan fingerprint density at radius 3 is 2.46 bits per heavy atom. The molecule has 1 heterocycles. The maximum Gasteiger partial charge on any atom is 0.321 e. The largest absolute Gasteiger partial charge is 0.326 e. The molecule has 7 heteroatoms. The minimum absolute atomic E-state index is 0.124. The Morgan fingerprint density at radius 1 is 0.962 bits per heavy atom. The molecule has 1 aliphatic heterocycles. The van der Waals surface area contributed by atoms with Crippen molar-refractivity contribution >= 4 is 46.5 Å². The highest BCUT2D eigenvalue weighted by Gasteiger charge is 2.28. The van der Waals surface area contributed by atoms with Gasteiger partial charge in [0.25, 0.3) is 0 Å². The SMILES string of the molecule is O=C(Nc1ccc(Cl)c(Cl)c1)C1CCCN(C(=O)Nc2ccccc2)C1.